The number of rotatable bonds is 5. The van der Waals surface area contributed by atoms with Crippen molar-refractivity contribution >= 4 is 5.97 Å². The van der Waals surface area contributed by atoms with Crippen LogP contribution in [0.25, 0.3) is 0 Å². The van der Waals surface area contributed by atoms with Gasteiger partial charge < -0.3 is 4.74 Å². The summed E-state index contributed by atoms with van der Waals surface area (Å²) in [5, 5.41) is 0. The minimum absolute atomic E-state index is 0.0954. The molecule has 0 spiro atoms. The number of aryl methyl sites for hydroxylation is 1. The van der Waals surface area contributed by atoms with Crippen molar-refractivity contribution in [1.29, 1.82) is 0 Å². The second-order valence-electron chi connectivity index (χ2n) is 6.55. The highest BCUT2D eigenvalue weighted by Crippen LogP contribution is 2.22. The highest BCUT2D eigenvalue weighted by molar-refractivity contribution is 5.89. The maximum atomic E-state index is 12.0. The zero-order valence-corrected chi connectivity index (χ0v) is 13.6. The molecule has 0 saturated carbocycles. The van der Waals surface area contributed by atoms with E-state index in [1.54, 1.807) is 0 Å². The van der Waals surface area contributed by atoms with Crippen LogP contribution < -0.4 is 0 Å². The molecule has 0 bridgehead atoms. The minimum atomic E-state index is -0.242. The maximum Gasteiger partial charge on any atom is 0.338 e. The molecular formula is C20H24O2. The van der Waals surface area contributed by atoms with E-state index in [0.717, 1.165) is 12.8 Å². The summed E-state index contributed by atoms with van der Waals surface area (Å²) in [5.41, 5.74) is 3.20. The van der Waals surface area contributed by atoms with Crippen LogP contribution in [0.4, 0.5) is 0 Å². The predicted molar refractivity (Wildman–Crippen MR) is 90.2 cm³/mol. The summed E-state index contributed by atoms with van der Waals surface area (Å²) in [6.07, 6.45) is 1.77. The van der Waals surface area contributed by atoms with Crippen LogP contribution in [0.1, 0.15) is 48.7 Å². The first-order valence-corrected chi connectivity index (χ1v) is 7.78. The Morgan fingerprint density at radius 2 is 1.59 bits per heavy atom. The average molecular weight is 296 g/mol. The van der Waals surface area contributed by atoms with Crippen LogP contribution in [0, 0.1) is 0 Å². The standard InChI is InChI=1S/C20H24O2/c1-20(2,3)18-13-11-17(12-14-18)19(21)22-15-7-10-16-8-5-4-6-9-16/h4-6,8-9,11-14H,7,10,15H2,1-3H3. The number of ether oxygens (including phenoxy) is 1. The normalized spacial score (nSPS) is 11.2. The monoisotopic (exact) mass is 296 g/mol. The van der Waals surface area contributed by atoms with Crippen molar-refractivity contribution in [1.82, 2.24) is 0 Å². The van der Waals surface area contributed by atoms with Crippen molar-refractivity contribution in [2.45, 2.75) is 39.0 Å². The smallest absolute Gasteiger partial charge is 0.338 e. The van der Waals surface area contributed by atoms with Gasteiger partial charge in [0, 0.05) is 0 Å². The third kappa shape index (κ3) is 4.73. The number of hydrogen-bond acceptors (Lipinski definition) is 2. The molecular weight excluding hydrogens is 272 g/mol. The lowest BCUT2D eigenvalue weighted by atomic mass is 9.87. The van der Waals surface area contributed by atoms with Crippen LogP contribution in [0.5, 0.6) is 0 Å². The van der Waals surface area contributed by atoms with Gasteiger partial charge in [0.2, 0.25) is 0 Å². The average Bonchev–Trinajstić information content (AvgIpc) is 2.52. The quantitative estimate of drug-likeness (QED) is 0.586. The summed E-state index contributed by atoms with van der Waals surface area (Å²) in [5.74, 6) is -0.242. The number of esters is 1. The van der Waals surface area contributed by atoms with Crippen molar-refractivity contribution in [3.05, 3.63) is 71.3 Å². The second kappa shape index (κ2) is 7.26. The van der Waals surface area contributed by atoms with Gasteiger partial charge in [0.25, 0.3) is 0 Å². The molecule has 0 amide bonds. The molecule has 0 heterocycles. The molecule has 0 aliphatic rings. The Hall–Kier alpha value is -2.09. The third-order valence-corrected chi connectivity index (χ3v) is 3.67. The maximum absolute atomic E-state index is 12.0. The van der Waals surface area contributed by atoms with Gasteiger partial charge in [-0.25, -0.2) is 4.79 Å². The van der Waals surface area contributed by atoms with Crippen LogP contribution in [-0.2, 0) is 16.6 Å². The highest BCUT2D eigenvalue weighted by atomic mass is 16.5. The van der Waals surface area contributed by atoms with E-state index in [1.165, 1.54) is 11.1 Å². The molecule has 2 aromatic carbocycles. The molecule has 0 radical (unpaired) electrons. The van der Waals surface area contributed by atoms with E-state index in [-0.39, 0.29) is 11.4 Å². The molecule has 116 valence electrons. The molecule has 2 nitrogen and oxygen atoms in total. The van der Waals surface area contributed by atoms with Gasteiger partial charge in [-0.2, -0.15) is 0 Å². The fourth-order valence-electron chi connectivity index (χ4n) is 2.28. The molecule has 0 unspecified atom stereocenters. The predicted octanol–water partition coefficient (Wildman–Crippen LogP) is 4.77. The van der Waals surface area contributed by atoms with Crippen molar-refractivity contribution in [2.24, 2.45) is 0 Å². The zero-order valence-electron chi connectivity index (χ0n) is 13.6. The zero-order chi connectivity index (χ0) is 16.0. The van der Waals surface area contributed by atoms with Gasteiger partial charge in [0.05, 0.1) is 12.2 Å². The first-order chi connectivity index (χ1) is 10.5. The van der Waals surface area contributed by atoms with Crippen LogP contribution in [0.3, 0.4) is 0 Å². The number of carbonyl (C=O) groups is 1. The van der Waals surface area contributed by atoms with Gasteiger partial charge in [0.15, 0.2) is 0 Å². The lowest BCUT2D eigenvalue weighted by Gasteiger charge is -2.18. The molecule has 22 heavy (non-hydrogen) atoms. The SMILES string of the molecule is CC(C)(C)c1ccc(C(=O)OCCCc2ccccc2)cc1. The molecule has 0 aliphatic heterocycles. The van der Waals surface area contributed by atoms with Crippen LogP contribution >= 0.6 is 0 Å². The van der Waals surface area contributed by atoms with Gasteiger partial charge in [-0.05, 0) is 41.5 Å². The van der Waals surface area contributed by atoms with Gasteiger partial charge >= 0.3 is 5.97 Å². The summed E-state index contributed by atoms with van der Waals surface area (Å²) in [4.78, 5) is 12.0. The lowest BCUT2D eigenvalue weighted by Crippen LogP contribution is -2.12. The van der Waals surface area contributed by atoms with Gasteiger partial charge in [0.1, 0.15) is 0 Å². The molecule has 0 N–H and O–H groups in total. The summed E-state index contributed by atoms with van der Waals surface area (Å²) >= 11 is 0. The molecule has 0 aromatic heterocycles. The van der Waals surface area contributed by atoms with Crippen LogP contribution in [0.15, 0.2) is 54.6 Å². The Morgan fingerprint density at radius 1 is 0.955 bits per heavy atom. The number of benzene rings is 2. The largest absolute Gasteiger partial charge is 0.462 e. The Bertz CT molecular complexity index is 592. The minimum Gasteiger partial charge on any atom is -0.462 e. The van der Waals surface area contributed by atoms with E-state index >= 15 is 0 Å². The molecule has 2 rings (SSSR count). The number of hydrogen-bond donors (Lipinski definition) is 0. The first kappa shape index (κ1) is 16.3. The Kier molecular flexibility index (Phi) is 5.37. The highest BCUT2D eigenvalue weighted by Gasteiger charge is 2.14. The molecule has 2 heteroatoms. The van der Waals surface area contributed by atoms with E-state index < -0.39 is 0 Å². The van der Waals surface area contributed by atoms with Crippen molar-refractivity contribution in [2.75, 3.05) is 6.61 Å². The first-order valence-electron chi connectivity index (χ1n) is 7.78. The van der Waals surface area contributed by atoms with Gasteiger partial charge in [-0.15, -0.1) is 0 Å². The van der Waals surface area contributed by atoms with Gasteiger partial charge in [-0.3, -0.25) is 0 Å². The fraction of sp³-hybridized carbons (Fsp3) is 0.350. The Balaban J connectivity index is 1.80. The van der Waals surface area contributed by atoms with E-state index in [2.05, 4.69) is 32.9 Å². The fourth-order valence-corrected chi connectivity index (χ4v) is 2.28. The Labute approximate surface area is 133 Å². The van der Waals surface area contributed by atoms with Crippen LogP contribution in [0.2, 0.25) is 0 Å². The van der Waals surface area contributed by atoms with E-state index in [9.17, 15) is 4.79 Å². The van der Waals surface area contributed by atoms with Crippen LogP contribution in [-0.4, -0.2) is 12.6 Å². The third-order valence-electron chi connectivity index (χ3n) is 3.67. The summed E-state index contributed by atoms with van der Waals surface area (Å²) in [7, 11) is 0. The van der Waals surface area contributed by atoms with Gasteiger partial charge in [-0.1, -0.05) is 63.2 Å². The number of carbonyl (C=O) groups excluding carboxylic acids is 1. The summed E-state index contributed by atoms with van der Waals surface area (Å²) < 4.78 is 5.34. The van der Waals surface area contributed by atoms with Crippen molar-refractivity contribution in [3.63, 3.8) is 0 Å². The molecule has 0 fully saturated rings. The summed E-state index contributed by atoms with van der Waals surface area (Å²) in [6.45, 7) is 6.92. The molecule has 0 atom stereocenters. The van der Waals surface area contributed by atoms with Crippen molar-refractivity contribution in [3.8, 4) is 0 Å². The summed E-state index contributed by atoms with van der Waals surface area (Å²) in [6, 6.07) is 17.9. The Morgan fingerprint density at radius 3 is 2.18 bits per heavy atom. The molecule has 0 aliphatic carbocycles. The van der Waals surface area contributed by atoms with E-state index in [0.29, 0.717) is 12.2 Å². The topological polar surface area (TPSA) is 26.3 Å². The molecule has 2 aromatic rings. The van der Waals surface area contributed by atoms with E-state index in [4.69, 9.17) is 4.74 Å². The van der Waals surface area contributed by atoms with Crippen molar-refractivity contribution < 1.29 is 9.53 Å². The second-order valence-corrected chi connectivity index (χ2v) is 6.55. The van der Waals surface area contributed by atoms with E-state index in [1.807, 2.05) is 42.5 Å². The molecule has 0 saturated heterocycles. The lowest BCUT2D eigenvalue weighted by molar-refractivity contribution is 0.0500.